The molecular weight excluding hydrogens is 235 g/mol. The lowest BCUT2D eigenvalue weighted by atomic mass is 10.0. The highest BCUT2D eigenvalue weighted by Crippen LogP contribution is 2.31. The maximum absolute atomic E-state index is 13.3. The summed E-state index contributed by atoms with van der Waals surface area (Å²) in [4.78, 5) is 8.10. The van der Waals surface area contributed by atoms with Gasteiger partial charge in [0.1, 0.15) is 5.82 Å². The van der Waals surface area contributed by atoms with Gasteiger partial charge in [0.15, 0.2) is 0 Å². The fourth-order valence-electron chi connectivity index (χ4n) is 1.67. The molecule has 0 fully saturated rings. The van der Waals surface area contributed by atoms with Crippen molar-refractivity contribution in [2.24, 2.45) is 0 Å². The summed E-state index contributed by atoms with van der Waals surface area (Å²) in [7, 11) is 2.97. The number of hydrogen-bond donors (Lipinski definition) is 0. The van der Waals surface area contributed by atoms with Crippen molar-refractivity contribution in [2.75, 3.05) is 14.2 Å². The normalized spacial score (nSPS) is 10.2. The summed E-state index contributed by atoms with van der Waals surface area (Å²) in [6, 6.07) is 4.76. The lowest BCUT2D eigenvalue weighted by Gasteiger charge is -2.10. The highest BCUT2D eigenvalue weighted by molar-refractivity contribution is 5.71. The molecule has 0 unspecified atom stereocenters. The summed E-state index contributed by atoms with van der Waals surface area (Å²) >= 11 is 0. The second-order valence-electron chi connectivity index (χ2n) is 3.74. The van der Waals surface area contributed by atoms with Crippen molar-refractivity contribution in [3.63, 3.8) is 0 Å². The topological polar surface area (TPSA) is 44.2 Å². The van der Waals surface area contributed by atoms with Crippen molar-refractivity contribution in [1.29, 1.82) is 0 Å². The van der Waals surface area contributed by atoms with E-state index in [-0.39, 0.29) is 11.8 Å². The van der Waals surface area contributed by atoms with E-state index in [2.05, 4.69) is 9.97 Å². The van der Waals surface area contributed by atoms with Gasteiger partial charge < -0.3 is 9.47 Å². The highest BCUT2D eigenvalue weighted by atomic mass is 19.1. The molecule has 1 heterocycles. The Hall–Kier alpha value is -2.17. The minimum Gasteiger partial charge on any atom is -0.480 e. The van der Waals surface area contributed by atoms with Gasteiger partial charge in [-0.2, -0.15) is 4.98 Å². The number of hydrogen-bond acceptors (Lipinski definition) is 4. The SMILES string of the molecule is COc1ncc(-c2cc(F)ccc2C)c(OC)n1. The van der Waals surface area contributed by atoms with E-state index in [4.69, 9.17) is 9.47 Å². The molecule has 5 heteroatoms. The van der Waals surface area contributed by atoms with E-state index < -0.39 is 0 Å². The molecule has 0 radical (unpaired) electrons. The molecule has 0 saturated heterocycles. The molecule has 0 spiro atoms. The smallest absolute Gasteiger partial charge is 0.319 e. The van der Waals surface area contributed by atoms with Gasteiger partial charge in [-0.25, -0.2) is 9.37 Å². The molecule has 4 nitrogen and oxygen atoms in total. The van der Waals surface area contributed by atoms with Gasteiger partial charge in [0.25, 0.3) is 0 Å². The largest absolute Gasteiger partial charge is 0.480 e. The first-order valence-electron chi connectivity index (χ1n) is 5.37. The van der Waals surface area contributed by atoms with E-state index in [9.17, 15) is 4.39 Å². The standard InChI is InChI=1S/C13H13FN2O2/c1-8-4-5-9(14)6-10(8)11-7-15-13(18-3)16-12(11)17-2/h4-7H,1-3H3. The van der Waals surface area contributed by atoms with E-state index in [1.54, 1.807) is 12.3 Å². The molecule has 0 aliphatic carbocycles. The lowest BCUT2D eigenvalue weighted by molar-refractivity contribution is 0.353. The average molecular weight is 248 g/mol. The Bertz CT molecular complexity index is 573. The molecule has 0 bridgehead atoms. The van der Waals surface area contributed by atoms with E-state index in [0.717, 1.165) is 5.56 Å². The van der Waals surface area contributed by atoms with Crippen LogP contribution < -0.4 is 9.47 Å². The van der Waals surface area contributed by atoms with Crippen LogP contribution in [0.2, 0.25) is 0 Å². The summed E-state index contributed by atoms with van der Waals surface area (Å²) in [5.74, 6) is 0.0454. The van der Waals surface area contributed by atoms with Gasteiger partial charge in [-0.1, -0.05) is 6.07 Å². The monoisotopic (exact) mass is 248 g/mol. The predicted molar refractivity (Wildman–Crippen MR) is 65.3 cm³/mol. The number of methoxy groups -OCH3 is 2. The number of rotatable bonds is 3. The van der Waals surface area contributed by atoms with Gasteiger partial charge in [0.2, 0.25) is 5.88 Å². The van der Waals surface area contributed by atoms with Gasteiger partial charge in [-0.15, -0.1) is 0 Å². The summed E-state index contributed by atoms with van der Waals surface area (Å²) in [6.07, 6.45) is 1.56. The molecule has 2 rings (SSSR count). The number of ether oxygens (including phenoxy) is 2. The number of aryl methyl sites for hydroxylation is 1. The van der Waals surface area contributed by atoms with Gasteiger partial charge in [0.05, 0.1) is 19.8 Å². The van der Waals surface area contributed by atoms with Crippen molar-refractivity contribution < 1.29 is 13.9 Å². The lowest BCUT2D eigenvalue weighted by Crippen LogP contribution is -1.98. The molecule has 2 aromatic rings. The molecule has 0 N–H and O–H groups in total. The third-order valence-electron chi connectivity index (χ3n) is 2.60. The number of benzene rings is 1. The number of aromatic nitrogens is 2. The molecule has 0 aliphatic heterocycles. The molecule has 94 valence electrons. The van der Waals surface area contributed by atoms with Crippen LogP contribution in [0.25, 0.3) is 11.1 Å². The second kappa shape index (κ2) is 5.00. The van der Waals surface area contributed by atoms with E-state index >= 15 is 0 Å². The fourth-order valence-corrected chi connectivity index (χ4v) is 1.67. The minimum atomic E-state index is -0.312. The van der Waals surface area contributed by atoms with E-state index in [1.165, 1.54) is 26.4 Å². The van der Waals surface area contributed by atoms with Crippen LogP contribution in [-0.2, 0) is 0 Å². The quantitative estimate of drug-likeness (QED) is 0.837. The Morgan fingerprint density at radius 2 is 1.89 bits per heavy atom. The molecule has 1 aromatic heterocycles. The van der Waals surface area contributed by atoms with Crippen LogP contribution in [-0.4, -0.2) is 24.2 Å². The molecule has 0 aliphatic rings. The van der Waals surface area contributed by atoms with Gasteiger partial charge >= 0.3 is 6.01 Å². The Kier molecular flexibility index (Phi) is 3.41. The molecule has 18 heavy (non-hydrogen) atoms. The molecule has 0 saturated carbocycles. The zero-order valence-electron chi connectivity index (χ0n) is 10.4. The third kappa shape index (κ3) is 2.25. The van der Waals surface area contributed by atoms with Gasteiger partial charge in [0, 0.05) is 6.20 Å². The van der Waals surface area contributed by atoms with Crippen LogP contribution in [0.15, 0.2) is 24.4 Å². The van der Waals surface area contributed by atoms with Crippen molar-refractivity contribution in [3.8, 4) is 23.0 Å². The first-order chi connectivity index (χ1) is 8.65. The first kappa shape index (κ1) is 12.3. The average Bonchev–Trinajstić information content (AvgIpc) is 2.41. The van der Waals surface area contributed by atoms with Crippen LogP contribution in [0, 0.1) is 12.7 Å². The minimum absolute atomic E-state index is 0.213. The Morgan fingerprint density at radius 1 is 1.11 bits per heavy atom. The van der Waals surface area contributed by atoms with Crippen LogP contribution in [0.4, 0.5) is 4.39 Å². The summed E-state index contributed by atoms with van der Waals surface area (Å²) in [5.41, 5.74) is 2.26. The van der Waals surface area contributed by atoms with Gasteiger partial charge in [-0.3, -0.25) is 0 Å². The fraction of sp³-hybridized carbons (Fsp3) is 0.231. The van der Waals surface area contributed by atoms with Crippen LogP contribution in [0.3, 0.4) is 0 Å². The van der Waals surface area contributed by atoms with Gasteiger partial charge in [-0.05, 0) is 30.2 Å². The summed E-state index contributed by atoms with van der Waals surface area (Å²) in [5, 5.41) is 0. The van der Waals surface area contributed by atoms with Crippen molar-refractivity contribution >= 4 is 0 Å². The molecule has 0 atom stereocenters. The second-order valence-corrected chi connectivity index (χ2v) is 3.74. The van der Waals surface area contributed by atoms with Crippen molar-refractivity contribution in [1.82, 2.24) is 9.97 Å². The maximum atomic E-state index is 13.3. The van der Waals surface area contributed by atoms with E-state index in [1.807, 2.05) is 6.92 Å². The Balaban J connectivity index is 2.59. The Labute approximate surface area is 104 Å². The summed E-state index contributed by atoms with van der Waals surface area (Å²) < 4.78 is 23.4. The van der Waals surface area contributed by atoms with Crippen molar-refractivity contribution in [3.05, 3.63) is 35.8 Å². The summed E-state index contributed by atoms with van der Waals surface area (Å²) in [6.45, 7) is 1.89. The van der Waals surface area contributed by atoms with Crippen LogP contribution >= 0.6 is 0 Å². The zero-order valence-corrected chi connectivity index (χ0v) is 10.4. The predicted octanol–water partition coefficient (Wildman–Crippen LogP) is 2.61. The number of nitrogens with zero attached hydrogens (tertiary/aromatic N) is 2. The highest BCUT2D eigenvalue weighted by Gasteiger charge is 2.13. The third-order valence-corrected chi connectivity index (χ3v) is 2.60. The van der Waals surface area contributed by atoms with Crippen LogP contribution in [0.1, 0.15) is 5.56 Å². The zero-order chi connectivity index (χ0) is 13.1. The van der Waals surface area contributed by atoms with E-state index in [0.29, 0.717) is 17.0 Å². The molecule has 1 aromatic carbocycles. The van der Waals surface area contributed by atoms with Crippen molar-refractivity contribution in [2.45, 2.75) is 6.92 Å². The number of halogens is 1. The van der Waals surface area contributed by atoms with Crippen LogP contribution in [0.5, 0.6) is 11.9 Å². The molecular formula is C13H13FN2O2. The maximum Gasteiger partial charge on any atom is 0.319 e. The molecule has 0 amide bonds. The Morgan fingerprint density at radius 3 is 2.56 bits per heavy atom. The first-order valence-corrected chi connectivity index (χ1v) is 5.37.